The number of sulfonamides is 1. The summed E-state index contributed by atoms with van der Waals surface area (Å²) in [6.45, 7) is 2.03. The number of piperidine rings is 1. The number of hydrogen-bond donors (Lipinski definition) is 2. The number of carbonyl (C=O) groups excluding carboxylic acids is 1. The van der Waals surface area contributed by atoms with E-state index in [9.17, 15) is 22.0 Å². The van der Waals surface area contributed by atoms with Crippen molar-refractivity contribution < 1.29 is 22.0 Å². The standard InChI is InChI=1S/C29H35F2N5O3S/c30-29(31)20-36(19-26(29)22-5-2-1-3-6-22)27(37)8-4-7-24-17-33-34-28(24)23-13-15-35(16-14-23)18-21-9-11-25(12-10-21)40(32,38)39/h1-3,5-6,9-12,17,23,26H,4,7-8,13-16,18-20H2,(H,33,34)(H2,32,38,39). The molecular formula is C29H35F2N5O3S. The molecule has 2 aromatic carbocycles. The molecule has 3 N–H and O–H groups in total. The number of aryl methyl sites for hydroxylation is 1. The zero-order valence-corrected chi connectivity index (χ0v) is 23.1. The highest BCUT2D eigenvalue weighted by atomic mass is 32.2. The maximum atomic E-state index is 14.7. The second-order valence-corrected chi connectivity index (χ2v) is 12.5. The van der Waals surface area contributed by atoms with Crippen LogP contribution in [0, 0.1) is 0 Å². The highest BCUT2D eigenvalue weighted by Gasteiger charge is 2.49. The largest absolute Gasteiger partial charge is 0.336 e. The second-order valence-electron chi connectivity index (χ2n) is 10.9. The SMILES string of the molecule is NS(=O)(=O)c1ccc(CN2CCC(c3[nH]ncc3CCCC(=O)N3CC(c4ccccc4)C(F)(F)C3)CC2)cc1. The van der Waals surface area contributed by atoms with Gasteiger partial charge in [-0.25, -0.2) is 22.3 Å². The van der Waals surface area contributed by atoms with E-state index in [2.05, 4.69) is 15.1 Å². The molecule has 1 unspecified atom stereocenters. The van der Waals surface area contributed by atoms with Gasteiger partial charge in [-0.1, -0.05) is 42.5 Å². The smallest absolute Gasteiger partial charge is 0.273 e. The molecule has 2 aliphatic heterocycles. The predicted octanol–water partition coefficient (Wildman–Crippen LogP) is 4.02. The zero-order valence-electron chi connectivity index (χ0n) is 22.3. The van der Waals surface area contributed by atoms with Crippen LogP contribution in [-0.2, 0) is 27.8 Å². The number of hydrogen-bond acceptors (Lipinski definition) is 5. The third-order valence-corrected chi connectivity index (χ3v) is 9.04. The van der Waals surface area contributed by atoms with E-state index in [1.54, 1.807) is 42.5 Å². The van der Waals surface area contributed by atoms with Crippen molar-refractivity contribution in [1.29, 1.82) is 0 Å². The van der Waals surface area contributed by atoms with E-state index in [-0.39, 0.29) is 23.8 Å². The Balaban J connectivity index is 1.09. The number of amides is 1. The van der Waals surface area contributed by atoms with Gasteiger partial charge in [0.15, 0.2) is 0 Å². The van der Waals surface area contributed by atoms with Crippen molar-refractivity contribution in [1.82, 2.24) is 20.0 Å². The molecule has 214 valence electrons. The number of halogens is 2. The lowest BCUT2D eigenvalue weighted by Crippen LogP contribution is -2.32. The van der Waals surface area contributed by atoms with Crippen LogP contribution in [0.2, 0.25) is 0 Å². The van der Waals surface area contributed by atoms with Crippen LogP contribution in [0.4, 0.5) is 8.78 Å². The van der Waals surface area contributed by atoms with Gasteiger partial charge >= 0.3 is 0 Å². The fraction of sp³-hybridized carbons (Fsp3) is 0.448. The molecule has 0 bridgehead atoms. The number of nitrogens with zero attached hydrogens (tertiary/aromatic N) is 3. The molecule has 1 amide bonds. The minimum atomic E-state index is -3.70. The second kappa shape index (κ2) is 11.8. The third kappa shape index (κ3) is 6.59. The number of primary sulfonamides is 1. The first kappa shape index (κ1) is 28.4. The van der Waals surface area contributed by atoms with Gasteiger partial charge in [0.05, 0.1) is 23.6 Å². The molecule has 0 radical (unpaired) electrons. The van der Waals surface area contributed by atoms with Crippen LogP contribution in [0.1, 0.15) is 59.9 Å². The van der Waals surface area contributed by atoms with Crippen molar-refractivity contribution in [3.05, 3.63) is 83.2 Å². The summed E-state index contributed by atoms with van der Waals surface area (Å²) in [5.41, 5.74) is 3.78. The number of aromatic nitrogens is 2. The van der Waals surface area contributed by atoms with E-state index in [0.717, 1.165) is 49.3 Å². The molecule has 0 saturated carbocycles. The molecule has 40 heavy (non-hydrogen) atoms. The Kier molecular flexibility index (Phi) is 8.34. The van der Waals surface area contributed by atoms with E-state index in [1.165, 1.54) is 17.0 Å². The third-order valence-electron chi connectivity index (χ3n) is 8.11. The summed E-state index contributed by atoms with van der Waals surface area (Å²) in [6.07, 6.45) is 5.19. The molecule has 1 aromatic heterocycles. The number of benzene rings is 2. The van der Waals surface area contributed by atoms with Gasteiger partial charge in [0.25, 0.3) is 5.92 Å². The minimum absolute atomic E-state index is 0.0433. The fourth-order valence-electron chi connectivity index (χ4n) is 5.89. The van der Waals surface area contributed by atoms with Crippen molar-refractivity contribution in [2.24, 2.45) is 5.14 Å². The van der Waals surface area contributed by atoms with Crippen LogP contribution in [-0.4, -0.2) is 66.4 Å². The van der Waals surface area contributed by atoms with E-state index < -0.39 is 28.4 Å². The van der Waals surface area contributed by atoms with Gasteiger partial charge in [-0.2, -0.15) is 5.10 Å². The normalized spacial score (nSPS) is 20.2. The number of aromatic amines is 1. The molecule has 8 nitrogen and oxygen atoms in total. The summed E-state index contributed by atoms with van der Waals surface area (Å²) < 4.78 is 52.3. The monoisotopic (exact) mass is 571 g/mol. The van der Waals surface area contributed by atoms with Crippen molar-refractivity contribution in [2.45, 2.75) is 61.3 Å². The summed E-state index contributed by atoms with van der Waals surface area (Å²) in [6, 6.07) is 15.4. The number of nitrogens with two attached hydrogens (primary N) is 1. The zero-order chi connectivity index (χ0) is 28.3. The number of nitrogens with one attached hydrogen (secondary N) is 1. The maximum Gasteiger partial charge on any atom is 0.273 e. The van der Waals surface area contributed by atoms with E-state index in [4.69, 9.17) is 5.14 Å². The van der Waals surface area contributed by atoms with Crippen LogP contribution in [0.25, 0.3) is 0 Å². The first-order valence-electron chi connectivity index (χ1n) is 13.7. The Morgan fingerprint density at radius 2 is 1.77 bits per heavy atom. The lowest BCUT2D eigenvalue weighted by molar-refractivity contribution is -0.131. The van der Waals surface area contributed by atoms with Gasteiger partial charge < -0.3 is 4.90 Å². The van der Waals surface area contributed by atoms with Crippen molar-refractivity contribution >= 4 is 15.9 Å². The van der Waals surface area contributed by atoms with Gasteiger partial charge in [0.2, 0.25) is 15.9 Å². The Bertz CT molecular complexity index is 1400. The molecule has 11 heteroatoms. The van der Waals surface area contributed by atoms with Gasteiger partial charge in [0, 0.05) is 31.1 Å². The summed E-state index contributed by atoms with van der Waals surface area (Å²) >= 11 is 0. The van der Waals surface area contributed by atoms with Crippen molar-refractivity contribution in [3.8, 4) is 0 Å². The first-order valence-corrected chi connectivity index (χ1v) is 15.2. The number of alkyl halides is 2. The van der Waals surface area contributed by atoms with Crippen LogP contribution in [0.5, 0.6) is 0 Å². The summed E-state index contributed by atoms with van der Waals surface area (Å²) in [5.74, 6) is -3.80. The average Bonchev–Trinajstić information content (AvgIpc) is 3.53. The number of rotatable bonds is 9. The van der Waals surface area contributed by atoms with Crippen molar-refractivity contribution in [2.75, 3.05) is 26.2 Å². The molecule has 2 fully saturated rings. The lowest BCUT2D eigenvalue weighted by atomic mass is 9.90. The Morgan fingerprint density at radius 3 is 2.45 bits per heavy atom. The highest BCUT2D eigenvalue weighted by molar-refractivity contribution is 7.89. The highest BCUT2D eigenvalue weighted by Crippen LogP contribution is 2.40. The van der Waals surface area contributed by atoms with Gasteiger partial charge in [-0.05, 0) is 67.6 Å². The molecule has 0 spiro atoms. The number of H-pyrrole nitrogens is 1. The van der Waals surface area contributed by atoms with Crippen molar-refractivity contribution in [3.63, 3.8) is 0 Å². The Hall–Kier alpha value is -3.15. The molecule has 3 heterocycles. The van der Waals surface area contributed by atoms with Gasteiger partial charge in [0.1, 0.15) is 0 Å². The predicted molar refractivity (Wildman–Crippen MR) is 147 cm³/mol. The number of carbonyl (C=O) groups is 1. The van der Waals surface area contributed by atoms with E-state index >= 15 is 0 Å². The van der Waals surface area contributed by atoms with Crippen LogP contribution >= 0.6 is 0 Å². The Labute approximate surface area is 233 Å². The maximum absolute atomic E-state index is 14.7. The molecule has 1 atom stereocenters. The summed E-state index contributed by atoms with van der Waals surface area (Å²) in [4.78, 5) is 16.6. The average molecular weight is 572 g/mol. The molecule has 2 aliphatic rings. The van der Waals surface area contributed by atoms with Crippen LogP contribution in [0.3, 0.4) is 0 Å². The van der Waals surface area contributed by atoms with Crippen LogP contribution in [0.15, 0.2) is 65.7 Å². The van der Waals surface area contributed by atoms with Gasteiger partial charge in [-0.15, -0.1) is 0 Å². The van der Waals surface area contributed by atoms with E-state index in [1.807, 2.05) is 6.20 Å². The topological polar surface area (TPSA) is 112 Å². The summed E-state index contributed by atoms with van der Waals surface area (Å²) in [5, 5.41) is 12.6. The minimum Gasteiger partial charge on any atom is -0.336 e. The molecule has 0 aliphatic carbocycles. The van der Waals surface area contributed by atoms with Gasteiger partial charge in [-0.3, -0.25) is 14.8 Å². The summed E-state index contributed by atoms with van der Waals surface area (Å²) in [7, 11) is -3.70. The quantitative estimate of drug-likeness (QED) is 0.403. The van der Waals surface area contributed by atoms with E-state index in [0.29, 0.717) is 24.3 Å². The molecule has 5 rings (SSSR count). The first-order chi connectivity index (χ1) is 19.1. The molecule has 2 saturated heterocycles. The molecule has 3 aromatic rings. The van der Waals surface area contributed by atoms with Crippen LogP contribution < -0.4 is 5.14 Å². The Morgan fingerprint density at radius 1 is 1.07 bits per heavy atom. The lowest BCUT2D eigenvalue weighted by Gasteiger charge is -2.32. The fourth-order valence-corrected chi connectivity index (χ4v) is 6.41. The molecular weight excluding hydrogens is 536 g/mol. The number of likely N-dealkylation sites (tertiary alicyclic amines) is 2.